The second kappa shape index (κ2) is 5.48. The molecule has 1 amide bonds. The highest BCUT2D eigenvalue weighted by atomic mass is 32.1. The molecule has 4 rings (SSSR count). The number of carbonyl (C=O) groups is 1. The van der Waals surface area contributed by atoms with Gasteiger partial charge in [-0.25, -0.2) is 9.97 Å². The van der Waals surface area contributed by atoms with E-state index in [1.54, 1.807) is 16.8 Å². The molecule has 3 aromatic heterocycles. The Morgan fingerprint density at radius 1 is 1.27 bits per heavy atom. The van der Waals surface area contributed by atoms with E-state index < -0.39 is 0 Å². The van der Waals surface area contributed by atoms with E-state index in [2.05, 4.69) is 19.7 Å². The molecule has 0 atom stereocenters. The lowest BCUT2D eigenvalue weighted by Crippen LogP contribution is -2.38. The zero-order valence-electron chi connectivity index (χ0n) is 12.2. The van der Waals surface area contributed by atoms with Gasteiger partial charge in [0.25, 0.3) is 5.91 Å². The van der Waals surface area contributed by atoms with Crippen LogP contribution in [0.3, 0.4) is 0 Å². The standard InChI is InChI=1S/C15H16N4OS2/c1-10-13(22-9-17-10)14(20)18-5-2-11(3-6-18)12-8-21-15-16-4-7-19(12)15/h4,7-9,11H,2-3,5-6H2,1H3. The second-order valence-corrected chi connectivity index (χ2v) is 7.27. The third-order valence-electron chi connectivity index (χ3n) is 4.31. The first kappa shape index (κ1) is 13.9. The summed E-state index contributed by atoms with van der Waals surface area (Å²) in [5.74, 6) is 0.645. The summed E-state index contributed by atoms with van der Waals surface area (Å²) in [5.41, 5.74) is 3.92. The maximum Gasteiger partial charge on any atom is 0.265 e. The van der Waals surface area contributed by atoms with Crippen LogP contribution < -0.4 is 0 Å². The van der Waals surface area contributed by atoms with Crippen LogP contribution >= 0.6 is 22.7 Å². The van der Waals surface area contributed by atoms with Crippen molar-refractivity contribution in [2.24, 2.45) is 0 Å². The van der Waals surface area contributed by atoms with Gasteiger partial charge in [-0.3, -0.25) is 9.20 Å². The molecule has 1 aliphatic rings. The first-order valence-electron chi connectivity index (χ1n) is 7.34. The van der Waals surface area contributed by atoms with Gasteiger partial charge in [0.05, 0.1) is 11.2 Å². The molecule has 5 nitrogen and oxygen atoms in total. The molecule has 3 aromatic rings. The van der Waals surface area contributed by atoms with Gasteiger partial charge in [0.1, 0.15) is 4.88 Å². The molecule has 0 aliphatic carbocycles. The molecule has 0 unspecified atom stereocenters. The lowest BCUT2D eigenvalue weighted by Gasteiger charge is -2.31. The number of aryl methyl sites for hydroxylation is 1. The number of fused-ring (bicyclic) bond motifs is 1. The van der Waals surface area contributed by atoms with Crippen molar-refractivity contribution >= 4 is 33.5 Å². The monoisotopic (exact) mass is 332 g/mol. The van der Waals surface area contributed by atoms with Crippen LogP contribution in [0.25, 0.3) is 4.96 Å². The van der Waals surface area contributed by atoms with E-state index in [0.717, 1.165) is 41.5 Å². The zero-order chi connectivity index (χ0) is 15.1. The Labute approximate surface area is 136 Å². The quantitative estimate of drug-likeness (QED) is 0.724. The van der Waals surface area contributed by atoms with E-state index >= 15 is 0 Å². The summed E-state index contributed by atoms with van der Waals surface area (Å²) in [7, 11) is 0. The molecule has 22 heavy (non-hydrogen) atoms. The molecule has 114 valence electrons. The largest absolute Gasteiger partial charge is 0.338 e. The number of nitrogens with zero attached hydrogens (tertiary/aromatic N) is 4. The van der Waals surface area contributed by atoms with Crippen molar-refractivity contribution in [2.45, 2.75) is 25.7 Å². The summed E-state index contributed by atoms with van der Waals surface area (Å²) in [6, 6.07) is 0. The topological polar surface area (TPSA) is 50.5 Å². The predicted octanol–water partition coefficient (Wildman–Crippen LogP) is 3.18. The van der Waals surface area contributed by atoms with Gasteiger partial charge in [-0.2, -0.15) is 0 Å². The molecule has 1 fully saturated rings. The van der Waals surface area contributed by atoms with E-state index in [-0.39, 0.29) is 5.91 Å². The summed E-state index contributed by atoms with van der Waals surface area (Å²) in [4.78, 5) is 24.8. The van der Waals surface area contributed by atoms with Gasteiger partial charge < -0.3 is 4.90 Å². The van der Waals surface area contributed by atoms with E-state index in [1.807, 2.05) is 24.2 Å². The van der Waals surface area contributed by atoms with Crippen LogP contribution in [-0.2, 0) is 0 Å². The summed E-state index contributed by atoms with van der Waals surface area (Å²) >= 11 is 3.13. The van der Waals surface area contributed by atoms with Crippen LogP contribution in [0.5, 0.6) is 0 Å². The molecular weight excluding hydrogens is 316 g/mol. The normalized spacial score (nSPS) is 16.5. The van der Waals surface area contributed by atoms with E-state index in [1.165, 1.54) is 17.0 Å². The average Bonchev–Trinajstić information content (AvgIpc) is 3.23. The van der Waals surface area contributed by atoms with Crippen molar-refractivity contribution in [3.63, 3.8) is 0 Å². The third kappa shape index (κ3) is 2.24. The summed E-state index contributed by atoms with van der Waals surface area (Å²) in [6.45, 7) is 3.53. The molecule has 1 aliphatic heterocycles. The van der Waals surface area contributed by atoms with Crippen LogP contribution in [0.1, 0.15) is 39.8 Å². The Balaban J connectivity index is 1.48. The first-order chi connectivity index (χ1) is 10.7. The van der Waals surface area contributed by atoms with E-state index in [0.29, 0.717) is 5.92 Å². The molecule has 1 saturated heterocycles. The van der Waals surface area contributed by atoms with Gasteiger partial charge in [-0.15, -0.1) is 22.7 Å². The number of hydrogen-bond donors (Lipinski definition) is 0. The van der Waals surface area contributed by atoms with Crippen molar-refractivity contribution in [3.8, 4) is 0 Å². The molecule has 0 N–H and O–H groups in total. The van der Waals surface area contributed by atoms with Crippen LogP contribution in [0.15, 0.2) is 23.3 Å². The number of thiazole rings is 2. The van der Waals surface area contributed by atoms with E-state index in [9.17, 15) is 4.79 Å². The fraction of sp³-hybridized carbons (Fsp3) is 0.400. The van der Waals surface area contributed by atoms with Crippen molar-refractivity contribution in [1.82, 2.24) is 19.3 Å². The number of imidazole rings is 1. The van der Waals surface area contributed by atoms with Gasteiger partial charge in [0.2, 0.25) is 0 Å². The fourth-order valence-electron chi connectivity index (χ4n) is 3.07. The maximum atomic E-state index is 12.5. The van der Waals surface area contributed by atoms with Crippen molar-refractivity contribution in [3.05, 3.63) is 39.5 Å². The smallest absolute Gasteiger partial charge is 0.265 e. The number of rotatable bonds is 2. The highest BCUT2D eigenvalue weighted by Crippen LogP contribution is 2.31. The molecule has 4 heterocycles. The highest BCUT2D eigenvalue weighted by molar-refractivity contribution is 7.15. The van der Waals surface area contributed by atoms with Gasteiger partial charge >= 0.3 is 0 Å². The summed E-state index contributed by atoms with van der Waals surface area (Å²) in [5, 5.41) is 2.21. The molecule has 0 spiro atoms. The SMILES string of the molecule is Cc1ncsc1C(=O)N1CCC(c2csc3nccn23)CC1. The summed E-state index contributed by atoms with van der Waals surface area (Å²) in [6.07, 6.45) is 5.89. The minimum absolute atomic E-state index is 0.136. The number of amides is 1. The van der Waals surface area contributed by atoms with Crippen LogP contribution in [0.4, 0.5) is 0 Å². The minimum Gasteiger partial charge on any atom is -0.338 e. The van der Waals surface area contributed by atoms with Crippen LogP contribution in [0, 0.1) is 6.92 Å². The van der Waals surface area contributed by atoms with Crippen LogP contribution in [-0.4, -0.2) is 38.3 Å². The maximum absolute atomic E-state index is 12.5. The van der Waals surface area contributed by atoms with Crippen molar-refractivity contribution in [2.75, 3.05) is 13.1 Å². The van der Waals surface area contributed by atoms with Gasteiger partial charge in [0.15, 0.2) is 4.96 Å². The number of aromatic nitrogens is 3. The number of likely N-dealkylation sites (tertiary alicyclic amines) is 1. The second-order valence-electron chi connectivity index (χ2n) is 5.57. The average molecular weight is 332 g/mol. The number of piperidine rings is 1. The van der Waals surface area contributed by atoms with Gasteiger partial charge in [-0.1, -0.05) is 0 Å². The summed E-state index contributed by atoms with van der Waals surface area (Å²) < 4.78 is 2.18. The Morgan fingerprint density at radius 3 is 2.82 bits per heavy atom. The molecule has 0 radical (unpaired) electrons. The fourth-order valence-corrected chi connectivity index (χ4v) is 4.77. The molecule has 0 bridgehead atoms. The Morgan fingerprint density at radius 2 is 2.09 bits per heavy atom. The Hall–Kier alpha value is -1.73. The Bertz CT molecular complexity index is 810. The third-order valence-corrected chi connectivity index (χ3v) is 6.10. The lowest BCUT2D eigenvalue weighted by molar-refractivity contribution is 0.0716. The van der Waals surface area contributed by atoms with Gasteiger partial charge in [0, 0.05) is 42.5 Å². The number of hydrogen-bond acceptors (Lipinski definition) is 5. The van der Waals surface area contributed by atoms with Crippen LogP contribution in [0.2, 0.25) is 0 Å². The zero-order valence-corrected chi connectivity index (χ0v) is 13.9. The molecular formula is C15H16N4OS2. The Kier molecular flexibility index (Phi) is 3.46. The highest BCUT2D eigenvalue weighted by Gasteiger charge is 2.27. The number of carbonyl (C=O) groups excluding carboxylic acids is 1. The molecule has 7 heteroatoms. The van der Waals surface area contributed by atoms with Crippen molar-refractivity contribution in [1.29, 1.82) is 0 Å². The molecule has 0 saturated carbocycles. The minimum atomic E-state index is 0.136. The predicted molar refractivity (Wildman–Crippen MR) is 87.8 cm³/mol. The van der Waals surface area contributed by atoms with Crippen molar-refractivity contribution < 1.29 is 4.79 Å². The van der Waals surface area contributed by atoms with E-state index in [4.69, 9.17) is 0 Å². The molecule has 0 aromatic carbocycles. The lowest BCUT2D eigenvalue weighted by atomic mass is 9.94. The first-order valence-corrected chi connectivity index (χ1v) is 9.10. The van der Waals surface area contributed by atoms with Gasteiger partial charge in [-0.05, 0) is 19.8 Å².